The molecule has 0 fully saturated rings. The van der Waals surface area contributed by atoms with Crippen molar-refractivity contribution in [3.63, 3.8) is 0 Å². The molecule has 1 aromatic heterocycles. The van der Waals surface area contributed by atoms with Crippen LogP contribution in [0.25, 0.3) is 11.0 Å². The van der Waals surface area contributed by atoms with Crippen LogP contribution in [0.4, 0.5) is 5.69 Å². The largest absolute Gasteiger partial charge is 0.475 e. The summed E-state index contributed by atoms with van der Waals surface area (Å²) in [5.41, 5.74) is -0.658. The zero-order chi connectivity index (χ0) is 15.1. The number of nitrogens with zero attached hydrogens (tertiary/aromatic N) is 1. The van der Waals surface area contributed by atoms with Gasteiger partial charge in [-0.1, -0.05) is 6.92 Å². The molecule has 106 valence electrons. The zero-order valence-corrected chi connectivity index (χ0v) is 11.0. The second-order valence-corrected chi connectivity index (χ2v) is 6.21. The van der Waals surface area contributed by atoms with Gasteiger partial charge < -0.3 is 9.52 Å². The number of carboxylic acids is 1. The Morgan fingerprint density at radius 2 is 2.05 bits per heavy atom. The summed E-state index contributed by atoms with van der Waals surface area (Å²) >= 11 is 0. The fourth-order valence-corrected chi connectivity index (χ4v) is 2.61. The van der Waals surface area contributed by atoms with Gasteiger partial charge in [0.25, 0.3) is 5.69 Å². The van der Waals surface area contributed by atoms with E-state index in [4.69, 9.17) is 9.52 Å². The van der Waals surface area contributed by atoms with E-state index < -0.39 is 32.2 Å². The van der Waals surface area contributed by atoms with Crippen LogP contribution in [0.15, 0.2) is 27.5 Å². The Morgan fingerprint density at radius 1 is 1.40 bits per heavy atom. The van der Waals surface area contributed by atoms with Gasteiger partial charge in [0.1, 0.15) is 5.58 Å². The first kappa shape index (κ1) is 14.0. The van der Waals surface area contributed by atoms with Crippen LogP contribution < -0.4 is 0 Å². The minimum Gasteiger partial charge on any atom is -0.475 e. The highest BCUT2D eigenvalue weighted by molar-refractivity contribution is 7.91. The van der Waals surface area contributed by atoms with E-state index in [1.54, 1.807) is 0 Å². The van der Waals surface area contributed by atoms with Gasteiger partial charge in [0, 0.05) is 18.2 Å². The minimum absolute atomic E-state index is 0.0533. The Morgan fingerprint density at radius 3 is 2.55 bits per heavy atom. The van der Waals surface area contributed by atoms with Crippen molar-refractivity contribution in [2.24, 2.45) is 0 Å². The number of rotatable bonds is 4. The summed E-state index contributed by atoms with van der Waals surface area (Å²) in [7, 11) is -3.67. The number of furan rings is 1. The van der Waals surface area contributed by atoms with Crippen molar-refractivity contribution in [2.45, 2.75) is 11.8 Å². The van der Waals surface area contributed by atoms with Crippen molar-refractivity contribution in [1.82, 2.24) is 0 Å². The topological polar surface area (TPSA) is 128 Å². The van der Waals surface area contributed by atoms with E-state index in [9.17, 15) is 23.3 Å². The van der Waals surface area contributed by atoms with Gasteiger partial charge in [0.15, 0.2) is 9.84 Å². The summed E-state index contributed by atoms with van der Waals surface area (Å²) in [6.45, 7) is 1.40. The molecule has 0 spiro atoms. The molecule has 1 aromatic carbocycles. The summed E-state index contributed by atoms with van der Waals surface area (Å²) in [5.74, 6) is -2.12. The van der Waals surface area contributed by atoms with Crippen molar-refractivity contribution in [3.05, 3.63) is 34.1 Å². The van der Waals surface area contributed by atoms with Gasteiger partial charge in [-0.15, -0.1) is 0 Å². The maximum absolute atomic E-state index is 11.8. The highest BCUT2D eigenvalue weighted by atomic mass is 32.2. The number of nitro benzene ring substituents is 1. The Labute approximate surface area is 112 Å². The van der Waals surface area contributed by atoms with Gasteiger partial charge in [0.2, 0.25) is 5.76 Å². The zero-order valence-electron chi connectivity index (χ0n) is 10.2. The SMILES string of the molecule is CCS(=O)(=O)c1cc([N+](=O)[O-])c2cc(C(=O)O)oc2c1. The average Bonchev–Trinajstić information content (AvgIpc) is 2.81. The monoisotopic (exact) mass is 299 g/mol. The van der Waals surface area contributed by atoms with Crippen LogP contribution >= 0.6 is 0 Å². The van der Waals surface area contributed by atoms with Crippen LogP contribution in [-0.2, 0) is 9.84 Å². The van der Waals surface area contributed by atoms with Gasteiger partial charge in [-0.2, -0.15) is 0 Å². The molecular formula is C11H9NO7S. The van der Waals surface area contributed by atoms with Gasteiger partial charge in [-0.05, 0) is 0 Å². The number of nitro groups is 1. The van der Waals surface area contributed by atoms with E-state index in [2.05, 4.69) is 0 Å². The summed E-state index contributed by atoms with van der Waals surface area (Å²) in [6.07, 6.45) is 0. The number of non-ortho nitro benzene ring substituents is 1. The van der Waals surface area contributed by atoms with Crippen molar-refractivity contribution < 1.29 is 27.7 Å². The van der Waals surface area contributed by atoms with E-state index in [1.807, 2.05) is 0 Å². The molecular weight excluding hydrogens is 290 g/mol. The quantitative estimate of drug-likeness (QED) is 0.673. The molecule has 0 amide bonds. The normalized spacial score (nSPS) is 11.7. The van der Waals surface area contributed by atoms with Crippen molar-refractivity contribution >= 4 is 32.5 Å². The molecule has 0 aliphatic rings. The van der Waals surface area contributed by atoms with Crippen molar-refractivity contribution in [2.75, 3.05) is 5.75 Å². The molecule has 1 N–H and O–H groups in total. The first-order valence-electron chi connectivity index (χ1n) is 5.44. The number of fused-ring (bicyclic) bond motifs is 1. The van der Waals surface area contributed by atoms with Crippen LogP contribution in [0.3, 0.4) is 0 Å². The van der Waals surface area contributed by atoms with Gasteiger partial charge in [0.05, 0.1) is 21.0 Å². The van der Waals surface area contributed by atoms with E-state index in [1.165, 1.54) is 6.92 Å². The van der Waals surface area contributed by atoms with Crippen LogP contribution in [0.1, 0.15) is 17.5 Å². The molecule has 2 rings (SSSR count). The Bertz CT molecular complexity index is 819. The lowest BCUT2D eigenvalue weighted by Gasteiger charge is -2.01. The number of carboxylic acid groups (broad SMARTS) is 1. The maximum atomic E-state index is 11.8. The molecule has 0 aliphatic heterocycles. The number of carbonyl (C=O) groups is 1. The maximum Gasteiger partial charge on any atom is 0.371 e. The van der Waals surface area contributed by atoms with Crippen molar-refractivity contribution in [1.29, 1.82) is 0 Å². The second-order valence-electron chi connectivity index (χ2n) is 3.93. The second kappa shape index (κ2) is 4.60. The molecule has 0 unspecified atom stereocenters. The fourth-order valence-electron chi connectivity index (χ4n) is 1.70. The molecule has 8 nitrogen and oxygen atoms in total. The third-order valence-corrected chi connectivity index (χ3v) is 4.45. The first-order chi connectivity index (χ1) is 9.26. The smallest absolute Gasteiger partial charge is 0.371 e. The lowest BCUT2D eigenvalue weighted by molar-refractivity contribution is -0.383. The lowest BCUT2D eigenvalue weighted by Crippen LogP contribution is -2.04. The number of aromatic carboxylic acids is 1. The molecule has 2 aromatic rings. The molecule has 0 bridgehead atoms. The fraction of sp³-hybridized carbons (Fsp3) is 0.182. The van der Waals surface area contributed by atoms with Crippen LogP contribution in [0.2, 0.25) is 0 Å². The predicted molar refractivity (Wildman–Crippen MR) is 67.6 cm³/mol. The van der Waals surface area contributed by atoms with E-state index in [0.717, 1.165) is 18.2 Å². The summed E-state index contributed by atoms with van der Waals surface area (Å²) < 4.78 is 28.5. The van der Waals surface area contributed by atoms with E-state index >= 15 is 0 Å². The van der Waals surface area contributed by atoms with E-state index in [-0.39, 0.29) is 21.6 Å². The van der Waals surface area contributed by atoms with Gasteiger partial charge in [-0.3, -0.25) is 10.1 Å². The van der Waals surface area contributed by atoms with Gasteiger partial charge >= 0.3 is 5.97 Å². The number of benzene rings is 1. The minimum atomic E-state index is -3.67. The Kier molecular flexibility index (Phi) is 3.22. The van der Waals surface area contributed by atoms with E-state index in [0.29, 0.717) is 0 Å². The Hall–Kier alpha value is -2.42. The summed E-state index contributed by atoms with van der Waals surface area (Å²) in [5, 5.41) is 19.7. The molecule has 1 heterocycles. The first-order valence-corrected chi connectivity index (χ1v) is 7.09. The highest BCUT2D eigenvalue weighted by Crippen LogP contribution is 2.32. The third-order valence-electron chi connectivity index (χ3n) is 2.74. The molecule has 0 aliphatic carbocycles. The molecule has 0 saturated carbocycles. The van der Waals surface area contributed by atoms with Crippen molar-refractivity contribution in [3.8, 4) is 0 Å². The summed E-state index contributed by atoms with van der Waals surface area (Å²) in [4.78, 5) is 20.7. The van der Waals surface area contributed by atoms with Gasteiger partial charge in [-0.25, -0.2) is 13.2 Å². The molecule has 0 radical (unpaired) electrons. The van der Waals surface area contributed by atoms with Crippen LogP contribution in [0.5, 0.6) is 0 Å². The molecule has 0 atom stereocenters. The summed E-state index contributed by atoms with van der Waals surface area (Å²) in [6, 6.07) is 2.99. The average molecular weight is 299 g/mol. The highest BCUT2D eigenvalue weighted by Gasteiger charge is 2.24. The number of hydrogen-bond acceptors (Lipinski definition) is 6. The molecule has 0 saturated heterocycles. The lowest BCUT2D eigenvalue weighted by atomic mass is 10.2. The van der Waals surface area contributed by atoms with Crippen LogP contribution in [-0.4, -0.2) is 30.2 Å². The Balaban J connectivity index is 2.84. The number of hydrogen-bond donors (Lipinski definition) is 1. The molecule has 20 heavy (non-hydrogen) atoms. The predicted octanol–water partition coefficient (Wildman–Crippen LogP) is 1.83. The molecule has 9 heteroatoms. The number of sulfone groups is 1. The third kappa shape index (κ3) is 2.23. The standard InChI is InChI=1S/C11H9NO7S/c1-2-20(17,18)6-3-8(12(15)16)7-5-10(11(13)14)19-9(7)4-6/h3-5H,2H2,1H3,(H,13,14). The van der Waals surface area contributed by atoms with Crippen LogP contribution in [0, 0.1) is 10.1 Å².